The standard InChI is InChI=1S/C18H21Cl2NO4/c19-12-7-11(8-13(20)9-12)15-10-16(15)18(24)21(4-1-17(22)23)14-2-5-25-6-3-14/h7-9,14-16H,1-6,10H2,(H,22,23)/t15-,16+/m0/s1. The number of ether oxygens (including phenoxy) is 1. The van der Waals surface area contributed by atoms with Gasteiger partial charge in [0, 0.05) is 41.8 Å². The van der Waals surface area contributed by atoms with Crippen LogP contribution < -0.4 is 0 Å². The van der Waals surface area contributed by atoms with Crippen LogP contribution in [0, 0.1) is 5.92 Å². The Labute approximate surface area is 156 Å². The Morgan fingerprint density at radius 3 is 2.40 bits per heavy atom. The number of hydrogen-bond acceptors (Lipinski definition) is 3. The molecule has 2 atom stereocenters. The van der Waals surface area contributed by atoms with Crippen LogP contribution in [0.2, 0.25) is 10.0 Å². The van der Waals surface area contributed by atoms with Crippen LogP contribution in [-0.2, 0) is 14.3 Å². The lowest BCUT2D eigenvalue weighted by atomic mass is 10.0. The van der Waals surface area contributed by atoms with E-state index < -0.39 is 5.97 Å². The topological polar surface area (TPSA) is 66.8 Å². The molecule has 5 nitrogen and oxygen atoms in total. The zero-order valence-corrected chi connectivity index (χ0v) is 15.3. The van der Waals surface area contributed by atoms with Gasteiger partial charge in [-0.25, -0.2) is 0 Å². The van der Waals surface area contributed by atoms with Crippen molar-refractivity contribution in [1.82, 2.24) is 4.90 Å². The molecule has 7 heteroatoms. The lowest BCUT2D eigenvalue weighted by Gasteiger charge is -2.34. The van der Waals surface area contributed by atoms with Crippen molar-refractivity contribution in [3.05, 3.63) is 33.8 Å². The fourth-order valence-corrected chi connectivity index (χ4v) is 4.07. The Bertz CT molecular complexity index is 640. The maximum absolute atomic E-state index is 13.0. The van der Waals surface area contributed by atoms with Gasteiger partial charge in [0.25, 0.3) is 0 Å². The van der Waals surface area contributed by atoms with Crippen molar-refractivity contribution in [3.63, 3.8) is 0 Å². The number of carbonyl (C=O) groups is 2. The molecule has 1 heterocycles. The predicted octanol–water partition coefficient (Wildman–Crippen LogP) is 3.58. The van der Waals surface area contributed by atoms with E-state index in [0.29, 0.717) is 23.3 Å². The van der Waals surface area contributed by atoms with E-state index in [-0.39, 0.29) is 36.8 Å². The summed E-state index contributed by atoms with van der Waals surface area (Å²) in [6.07, 6.45) is 2.23. The smallest absolute Gasteiger partial charge is 0.305 e. The van der Waals surface area contributed by atoms with Crippen molar-refractivity contribution in [2.75, 3.05) is 19.8 Å². The lowest BCUT2D eigenvalue weighted by molar-refractivity contribution is -0.141. The van der Waals surface area contributed by atoms with Crippen molar-refractivity contribution >= 4 is 35.1 Å². The van der Waals surface area contributed by atoms with E-state index >= 15 is 0 Å². The number of carboxylic acid groups (broad SMARTS) is 1. The van der Waals surface area contributed by atoms with Crippen molar-refractivity contribution in [2.24, 2.45) is 5.92 Å². The summed E-state index contributed by atoms with van der Waals surface area (Å²) in [5, 5.41) is 10.1. The highest BCUT2D eigenvalue weighted by molar-refractivity contribution is 6.34. The minimum Gasteiger partial charge on any atom is -0.481 e. The molecular weight excluding hydrogens is 365 g/mol. The average molecular weight is 386 g/mol. The second kappa shape index (κ2) is 7.94. The molecule has 1 saturated heterocycles. The molecule has 0 radical (unpaired) electrons. The van der Waals surface area contributed by atoms with Gasteiger partial charge in [-0.05, 0) is 48.9 Å². The molecule has 2 aliphatic rings. The molecular formula is C18H21Cl2NO4. The summed E-state index contributed by atoms with van der Waals surface area (Å²) in [4.78, 5) is 25.7. The van der Waals surface area contributed by atoms with E-state index in [9.17, 15) is 9.59 Å². The first-order valence-electron chi connectivity index (χ1n) is 8.51. The molecule has 0 spiro atoms. The Morgan fingerprint density at radius 1 is 1.16 bits per heavy atom. The van der Waals surface area contributed by atoms with Crippen LogP contribution >= 0.6 is 23.2 Å². The Balaban J connectivity index is 1.70. The van der Waals surface area contributed by atoms with E-state index in [2.05, 4.69) is 0 Å². The summed E-state index contributed by atoms with van der Waals surface area (Å²) in [7, 11) is 0. The van der Waals surface area contributed by atoms with Crippen LogP contribution in [0.1, 0.15) is 37.2 Å². The number of rotatable bonds is 6. The summed E-state index contributed by atoms with van der Waals surface area (Å²) in [5.74, 6) is -0.866. The third kappa shape index (κ3) is 4.66. The first kappa shape index (κ1) is 18.5. The van der Waals surface area contributed by atoms with Crippen LogP contribution in [0.4, 0.5) is 0 Å². The Kier molecular flexibility index (Phi) is 5.87. The Morgan fingerprint density at radius 2 is 1.80 bits per heavy atom. The normalized spacial score (nSPS) is 23.3. The quantitative estimate of drug-likeness (QED) is 0.812. The number of carboxylic acids is 1. The molecule has 1 aliphatic carbocycles. The summed E-state index contributed by atoms with van der Waals surface area (Å²) in [6.45, 7) is 1.47. The predicted molar refractivity (Wildman–Crippen MR) is 95.1 cm³/mol. The number of halogens is 2. The summed E-state index contributed by atoms with van der Waals surface area (Å²) >= 11 is 12.1. The monoisotopic (exact) mass is 385 g/mol. The zero-order chi connectivity index (χ0) is 18.0. The minimum absolute atomic E-state index is 0.0363. The van der Waals surface area contributed by atoms with Crippen LogP contribution in [0.15, 0.2) is 18.2 Å². The summed E-state index contributed by atoms with van der Waals surface area (Å²) in [6, 6.07) is 5.43. The maximum atomic E-state index is 13.0. The van der Waals surface area contributed by atoms with Gasteiger partial charge in [-0.15, -0.1) is 0 Å². The van der Waals surface area contributed by atoms with Crippen LogP contribution in [0.5, 0.6) is 0 Å². The Hall–Kier alpha value is -1.30. The number of amides is 1. The highest BCUT2D eigenvalue weighted by atomic mass is 35.5. The molecule has 0 aromatic heterocycles. The van der Waals surface area contributed by atoms with Gasteiger partial charge >= 0.3 is 5.97 Å². The molecule has 3 rings (SSSR count). The molecule has 136 valence electrons. The fraction of sp³-hybridized carbons (Fsp3) is 0.556. The molecule has 2 fully saturated rings. The minimum atomic E-state index is -0.890. The highest BCUT2D eigenvalue weighted by Crippen LogP contribution is 2.49. The van der Waals surface area contributed by atoms with E-state index in [1.807, 2.05) is 12.1 Å². The second-order valence-corrected chi connectivity index (χ2v) is 7.54. The summed E-state index contributed by atoms with van der Waals surface area (Å²) < 4.78 is 5.36. The molecule has 1 amide bonds. The van der Waals surface area contributed by atoms with Gasteiger partial charge in [-0.1, -0.05) is 23.2 Å². The van der Waals surface area contributed by atoms with E-state index in [4.69, 9.17) is 33.0 Å². The van der Waals surface area contributed by atoms with Crippen molar-refractivity contribution < 1.29 is 19.4 Å². The molecule has 0 unspecified atom stereocenters. The molecule has 1 saturated carbocycles. The molecule has 0 bridgehead atoms. The lowest BCUT2D eigenvalue weighted by Crippen LogP contribution is -2.45. The van der Waals surface area contributed by atoms with Gasteiger partial charge < -0.3 is 14.7 Å². The SMILES string of the molecule is O=C(O)CCN(C(=O)[C@@H]1C[C@H]1c1cc(Cl)cc(Cl)c1)C1CCOCC1. The third-order valence-electron chi connectivity index (χ3n) is 4.90. The van der Waals surface area contributed by atoms with Crippen LogP contribution in [0.25, 0.3) is 0 Å². The van der Waals surface area contributed by atoms with Crippen LogP contribution in [-0.4, -0.2) is 47.7 Å². The molecule has 1 aromatic rings. The fourth-order valence-electron chi connectivity index (χ4n) is 3.52. The zero-order valence-electron chi connectivity index (χ0n) is 13.8. The molecule has 1 N–H and O–H groups in total. The second-order valence-electron chi connectivity index (χ2n) is 6.67. The highest BCUT2D eigenvalue weighted by Gasteiger charge is 2.47. The third-order valence-corrected chi connectivity index (χ3v) is 5.34. The van der Waals surface area contributed by atoms with Gasteiger partial charge in [-0.2, -0.15) is 0 Å². The van der Waals surface area contributed by atoms with Gasteiger partial charge in [0.2, 0.25) is 5.91 Å². The summed E-state index contributed by atoms with van der Waals surface area (Å²) in [5.41, 5.74) is 0.973. The van der Waals surface area contributed by atoms with Gasteiger partial charge in [0.15, 0.2) is 0 Å². The number of benzene rings is 1. The maximum Gasteiger partial charge on any atom is 0.305 e. The number of aliphatic carboxylic acids is 1. The number of hydrogen-bond donors (Lipinski definition) is 1. The van der Waals surface area contributed by atoms with E-state index in [1.54, 1.807) is 11.0 Å². The first-order chi connectivity index (χ1) is 12.0. The molecule has 1 aromatic carbocycles. The van der Waals surface area contributed by atoms with E-state index in [1.165, 1.54) is 0 Å². The van der Waals surface area contributed by atoms with E-state index in [0.717, 1.165) is 24.8 Å². The largest absolute Gasteiger partial charge is 0.481 e. The first-order valence-corrected chi connectivity index (χ1v) is 9.27. The number of carbonyl (C=O) groups excluding carboxylic acids is 1. The van der Waals surface area contributed by atoms with Gasteiger partial charge in [-0.3, -0.25) is 9.59 Å². The average Bonchev–Trinajstić information content (AvgIpc) is 3.35. The van der Waals surface area contributed by atoms with Crippen molar-refractivity contribution in [2.45, 2.75) is 37.6 Å². The number of nitrogens with zero attached hydrogens (tertiary/aromatic N) is 1. The molecule has 25 heavy (non-hydrogen) atoms. The molecule has 1 aliphatic heterocycles. The van der Waals surface area contributed by atoms with Crippen LogP contribution in [0.3, 0.4) is 0 Å². The van der Waals surface area contributed by atoms with Gasteiger partial charge in [0.05, 0.1) is 6.42 Å². The van der Waals surface area contributed by atoms with Gasteiger partial charge in [0.1, 0.15) is 0 Å². The van der Waals surface area contributed by atoms with Crippen molar-refractivity contribution in [1.29, 1.82) is 0 Å². The van der Waals surface area contributed by atoms with Crippen molar-refractivity contribution in [3.8, 4) is 0 Å².